The summed E-state index contributed by atoms with van der Waals surface area (Å²) in [7, 11) is 0. The van der Waals surface area contributed by atoms with Gasteiger partial charge in [0.1, 0.15) is 18.1 Å². The number of nitrogens with two attached hydrogens (primary N) is 3. The van der Waals surface area contributed by atoms with E-state index in [1.807, 2.05) is 0 Å². The summed E-state index contributed by atoms with van der Waals surface area (Å²) in [6, 6.07) is 1.68. The van der Waals surface area contributed by atoms with Crippen molar-refractivity contribution in [3.63, 3.8) is 0 Å². The number of anilines is 1. The quantitative estimate of drug-likeness (QED) is 0.433. The average Bonchev–Trinajstić information content (AvgIpc) is 3.33. The second kappa shape index (κ2) is 7.45. The molecular weight excluding hydrogens is 348 g/mol. The molecule has 2 aliphatic rings. The van der Waals surface area contributed by atoms with Crippen molar-refractivity contribution in [3.8, 4) is 0 Å². The van der Waals surface area contributed by atoms with Gasteiger partial charge < -0.3 is 36.9 Å². The molecule has 9 nitrogen and oxygen atoms in total. The summed E-state index contributed by atoms with van der Waals surface area (Å²) in [5.41, 5.74) is 19.3. The van der Waals surface area contributed by atoms with Crippen LogP contribution in [0.4, 0.5) is 5.82 Å². The molecule has 9 N–H and O–H groups in total. The Balaban J connectivity index is 0.000000177. The number of rotatable bonds is 3. The van der Waals surface area contributed by atoms with Crippen molar-refractivity contribution in [2.24, 2.45) is 17.4 Å². The summed E-state index contributed by atoms with van der Waals surface area (Å²) in [5, 5.41) is 22.1. The number of aromatic nitrogens is 3. The Bertz CT molecular complexity index is 868. The average molecular weight is 374 g/mol. The van der Waals surface area contributed by atoms with Crippen LogP contribution in [0.25, 0.3) is 11.4 Å². The zero-order valence-electron chi connectivity index (χ0n) is 15.3. The number of aliphatic hydroxyl groups is 2. The molecule has 146 valence electrons. The van der Waals surface area contributed by atoms with E-state index in [1.165, 1.54) is 12.0 Å². The van der Waals surface area contributed by atoms with Crippen molar-refractivity contribution in [1.82, 2.24) is 15.1 Å². The number of hydrogen-bond donors (Lipinski definition) is 6. The van der Waals surface area contributed by atoms with E-state index < -0.39 is 0 Å². The molecule has 9 heteroatoms. The molecule has 2 unspecified atom stereocenters. The second-order valence-corrected chi connectivity index (χ2v) is 7.29. The Hall–Kier alpha value is -2.78. The van der Waals surface area contributed by atoms with Crippen molar-refractivity contribution < 1.29 is 14.7 Å². The van der Waals surface area contributed by atoms with Gasteiger partial charge in [-0.05, 0) is 37.7 Å². The van der Waals surface area contributed by atoms with Gasteiger partial charge in [-0.2, -0.15) is 4.98 Å². The van der Waals surface area contributed by atoms with E-state index in [9.17, 15) is 5.11 Å². The van der Waals surface area contributed by atoms with Crippen molar-refractivity contribution in [2.45, 2.75) is 44.8 Å². The molecule has 0 aromatic carbocycles. The largest absolute Gasteiger partial charge is 0.396 e. The van der Waals surface area contributed by atoms with Crippen molar-refractivity contribution in [3.05, 3.63) is 41.2 Å². The maximum Gasteiger partial charge on any atom is 0.276 e. The smallest absolute Gasteiger partial charge is 0.276 e. The molecule has 0 spiro atoms. The third-order valence-electron chi connectivity index (χ3n) is 4.87. The van der Waals surface area contributed by atoms with Crippen LogP contribution in [0, 0.1) is 5.92 Å². The monoisotopic (exact) mass is 374 g/mol. The van der Waals surface area contributed by atoms with E-state index in [2.05, 4.69) is 28.1 Å². The Morgan fingerprint density at radius 1 is 1.41 bits per heavy atom. The molecule has 2 aromatic heterocycles. The van der Waals surface area contributed by atoms with Crippen molar-refractivity contribution in [1.29, 1.82) is 0 Å². The highest BCUT2D eigenvalue weighted by molar-refractivity contribution is 5.88. The highest BCUT2D eigenvalue weighted by Crippen LogP contribution is 2.43. The summed E-state index contributed by atoms with van der Waals surface area (Å²) in [6.07, 6.45) is 7.96. The van der Waals surface area contributed by atoms with Gasteiger partial charge in [0.25, 0.3) is 5.89 Å². The van der Waals surface area contributed by atoms with Crippen LogP contribution in [0.5, 0.6) is 0 Å². The van der Waals surface area contributed by atoms with Crippen LogP contribution in [0.3, 0.4) is 0 Å². The SMILES string of the molecule is CC1CC2=CCC(O)(C2)C1.N/C(=C(/N)c1cc[nH]c1N)c1nc(CO)no1. The van der Waals surface area contributed by atoms with Gasteiger partial charge in [-0.15, -0.1) is 0 Å². The highest BCUT2D eigenvalue weighted by atomic mass is 16.5. The minimum atomic E-state index is -0.330. The Kier molecular flexibility index (Phi) is 5.24. The zero-order valence-corrected chi connectivity index (χ0v) is 15.3. The molecule has 2 heterocycles. The molecule has 2 aromatic rings. The molecule has 0 radical (unpaired) electrons. The van der Waals surface area contributed by atoms with Crippen LogP contribution < -0.4 is 17.2 Å². The van der Waals surface area contributed by atoms with Crippen LogP contribution in [-0.4, -0.2) is 30.9 Å². The minimum absolute atomic E-state index is 0.0483. The first-order valence-corrected chi connectivity index (χ1v) is 8.84. The van der Waals surface area contributed by atoms with E-state index in [0.717, 1.165) is 19.3 Å². The van der Waals surface area contributed by atoms with E-state index >= 15 is 0 Å². The van der Waals surface area contributed by atoms with Crippen LogP contribution in [0.15, 0.2) is 28.4 Å². The topological polar surface area (TPSA) is 173 Å². The van der Waals surface area contributed by atoms with Crippen LogP contribution >= 0.6 is 0 Å². The summed E-state index contributed by atoms with van der Waals surface area (Å²) in [6.45, 7) is 1.90. The zero-order chi connectivity index (χ0) is 19.6. The van der Waals surface area contributed by atoms with Gasteiger partial charge in [-0.25, -0.2) is 0 Å². The second-order valence-electron chi connectivity index (χ2n) is 7.29. The van der Waals surface area contributed by atoms with Gasteiger partial charge in [0.15, 0.2) is 5.82 Å². The number of nitrogens with zero attached hydrogens (tertiary/aromatic N) is 2. The van der Waals surface area contributed by atoms with Crippen molar-refractivity contribution >= 4 is 17.2 Å². The third kappa shape index (κ3) is 4.15. The Labute approximate surface area is 156 Å². The third-order valence-corrected chi connectivity index (χ3v) is 4.87. The van der Waals surface area contributed by atoms with Gasteiger partial charge in [0, 0.05) is 11.8 Å². The number of fused-ring (bicyclic) bond motifs is 2. The first kappa shape index (κ1) is 19.0. The maximum absolute atomic E-state index is 9.84. The molecule has 27 heavy (non-hydrogen) atoms. The molecule has 4 rings (SSSR count). The summed E-state index contributed by atoms with van der Waals surface area (Å²) >= 11 is 0. The normalized spacial score (nSPS) is 24.7. The molecule has 2 atom stereocenters. The summed E-state index contributed by atoms with van der Waals surface area (Å²) < 4.78 is 4.84. The minimum Gasteiger partial charge on any atom is -0.396 e. The van der Waals surface area contributed by atoms with Crippen LogP contribution in [-0.2, 0) is 6.61 Å². The van der Waals surface area contributed by atoms with Gasteiger partial charge in [-0.3, -0.25) is 0 Å². The van der Waals surface area contributed by atoms with Gasteiger partial charge in [0.2, 0.25) is 0 Å². The fourth-order valence-electron chi connectivity index (χ4n) is 3.69. The van der Waals surface area contributed by atoms with Crippen molar-refractivity contribution in [2.75, 3.05) is 5.73 Å². The van der Waals surface area contributed by atoms with Gasteiger partial charge >= 0.3 is 0 Å². The maximum atomic E-state index is 9.84. The first-order valence-electron chi connectivity index (χ1n) is 8.84. The number of aliphatic hydroxyl groups excluding tert-OH is 1. The lowest BCUT2D eigenvalue weighted by Gasteiger charge is -2.31. The number of nitrogens with one attached hydrogen (secondary N) is 1. The lowest BCUT2D eigenvalue weighted by Crippen LogP contribution is -2.30. The van der Waals surface area contributed by atoms with Crippen LogP contribution in [0.2, 0.25) is 0 Å². The standard InChI is InChI=1S/C9H12N6O2.C9H14O/c10-6(4-1-2-13-8(4)12)7(11)9-14-5(3-16)15-17-9;1-7-4-8-2-3-9(10,5-7)6-8/h1-2,13,16H,3,10-12H2;2,7,10H,3-6H2,1H3/b7-6+;. The fourth-order valence-corrected chi connectivity index (χ4v) is 3.69. The molecule has 1 saturated carbocycles. The Morgan fingerprint density at radius 2 is 2.19 bits per heavy atom. The number of aromatic amines is 1. The molecule has 0 saturated heterocycles. The van der Waals surface area contributed by atoms with E-state index in [0.29, 0.717) is 17.3 Å². The predicted octanol–water partition coefficient (Wildman–Crippen LogP) is 1.08. The van der Waals surface area contributed by atoms with E-state index in [1.54, 1.807) is 12.3 Å². The van der Waals surface area contributed by atoms with E-state index in [-0.39, 0.29) is 35.3 Å². The predicted molar refractivity (Wildman–Crippen MR) is 101 cm³/mol. The molecule has 2 aliphatic carbocycles. The van der Waals surface area contributed by atoms with Crippen LogP contribution in [0.1, 0.15) is 49.9 Å². The number of H-pyrrole nitrogens is 1. The lowest BCUT2D eigenvalue weighted by molar-refractivity contribution is 0.0182. The molecular formula is C18H26N6O3. The number of hydrogen-bond acceptors (Lipinski definition) is 8. The van der Waals surface area contributed by atoms with Gasteiger partial charge in [0.05, 0.1) is 11.3 Å². The fraction of sp³-hybridized carbons (Fsp3) is 0.444. The Morgan fingerprint density at radius 3 is 2.78 bits per heavy atom. The number of nitrogen functional groups attached to an aromatic ring is 1. The summed E-state index contributed by atoms with van der Waals surface area (Å²) in [4.78, 5) is 6.62. The first-order chi connectivity index (χ1) is 12.8. The summed E-state index contributed by atoms with van der Waals surface area (Å²) in [5.74, 6) is 1.28. The molecule has 0 amide bonds. The molecule has 2 bridgehead atoms. The van der Waals surface area contributed by atoms with E-state index in [4.69, 9.17) is 26.8 Å². The lowest BCUT2D eigenvalue weighted by atomic mass is 9.80. The highest BCUT2D eigenvalue weighted by Gasteiger charge is 2.37. The van der Waals surface area contributed by atoms with Gasteiger partial charge in [-0.1, -0.05) is 23.7 Å². The molecule has 1 fully saturated rings. The molecule has 0 aliphatic heterocycles.